The molecule has 0 bridgehead atoms. The highest BCUT2D eigenvalue weighted by atomic mass is 32.2. The van der Waals surface area contributed by atoms with Crippen LogP contribution in [0.5, 0.6) is 0 Å². The van der Waals surface area contributed by atoms with E-state index in [1.807, 2.05) is 45.2 Å². The summed E-state index contributed by atoms with van der Waals surface area (Å²) < 4.78 is 16.1. The first-order valence-electron chi connectivity index (χ1n) is 10.7. The normalized spacial score (nSPS) is 13.2. The van der Waals surface area contributed by atoms with Crippen LogP contribution in [0.15, 0.2) is 36.4 Å². The molecule has 0 saturated carbocycles. The zero-order valence-corrected chi connectivity index (χ0v) is 19.6. The lowest BCUT2D eigenvalue weighted by molar-refractivity contribution is -0.136. The van der Waals surface area contributed by atoms with E-state index in [1.165, 1.54) is 6.07 Å². The first kappa shape index (κ1) is 22.3. The predicted molar refractivity (Wildman–Crippen MR) is 129 cm³/mol. The van der Waals surface area contributed by atoms with Crippen molar-refractivity contribution in [3.05, 3.63) is 81.3 Å². The van der Waals surface area contributed by atoms with Gasteiger partial charge in [0.15, 0.2) is 0 Å². The van der Waals surface area contributed by atoms with Crippen molar-refractivity contribution in [1.82, 2.24) is 4.98 Å². The lowest BCUT2D eigenvalue weighted by Gasteiger charge is -2.31. The van der Waals surface area contributed by atoms with Gasteiger partial charge in [-0.05, 0) is 67.1 Å². The molecule has 0 radical (unpaired) electrons. The zero-order chi connectivity index (χ0) is 23.0. The van der Waals surface area contributed by atoms with Crippen LogP contribution in [0.3, 0.4) is 0 Å². The molecular weight excluding hydrogens is 423 g/mol. The quantitative estimate of drug-likeness (QED) is 0.519. The van der Waals surface area contributed by atoms with Gasteiger partial charge in [-0.25, -0.2) is 9.37 Å². The van der Waals surface area contributed by atoms with Gasteiger partial charge < -0.3 is 9.41 Å². The van der Waals surface area contributed by atoms with Crippen LogP contribution in [0.2, 0.25) is 0 Å². The number of aryl methyl sites for hydroxylation is 2. The topological polar surface area (TPSA) is 53.4 Å². The Hall–Kier alpha value is -2.86. The molecular formula is C26H27FN2O2S. The summed E-state index contributed by atoms with van der Waals surface area (Å²) in [7, 11) is 0. The SMILES string of the molecule is CSN1CCc2cc(F)ccc2Cc2nc(-c3ccc(C)cc3C)c(CC(=O)O)c(C)c21. The predicted octanol–water partition coefficient (Wildman–Crippen LogP) is 5.67. The number of carbonyl (C=O) groups is 1. The summed E-state index contributed by atoms with van der Waals surface area (Å²) in [5, 5.41) is 9.68. The molecule has 0 spiro atoms. The van der Waals surface area contributed by atoms with E-state index in [4.69, 9.17) is 4.98 Å². The minimum Gasteiger partial charge on any atom is -0.481 e. The van der Waals surface area contributed by atoms with Gasteiger partial charge in [0.1, 0.15) is 5.82 Å². The molecule has 0 fully saturated rings. The average Bonchev–Trinajstić information content (AvgIpc) is 2.72. The van der Waals surface area contributed by atoms with Crippen LogP contribution in [-0.4, -0.2) is 28.9 Å². The van der Waals surface area contributed by atoms with Crippen molar-refractivity contribution in [2.45, 2.75) is 40.0 Å². The number of pyridine rings is 1. The Morgan fingerprint density at radius 1 is 1.16 bits per heavy atom. The Morgan fingerprint density at radius 2 is 1.94 bits per heavy atom. The fourth-order valence-corrected chi connectivity index (χ4v) is 5.31. The van der Waals surface area contributed by atoms with Gasteiger partial charge in [-0.2, -0.15) is 0 Å². The molecule has 6 heteroatoms. The third-order valence-corrected chi connectivity index (χ3v) is 6.97. The van der Waals surface area contributed by atoms with Crippen LogP contribution in [0, 0.1) is 26.6 Å². The third kappa shape index (κ3) is 4.24. The van der Waals surface area contributed by atoms with Crippen LogP contribution >= 0.6 is 11.9 Å². The summed E-state index contributed by atoms with van der Waals surface area (Å²) in [6.07, 6.45) is 3.22. The lowest BCUT2D eigenvalue weighted by atomic mass is 9.91. The van der Waals surface area contributed by atoms with Gasteiger partial charge in [-0.15, -0.1) is 0 Å². The number of hydrogen-bond donors (Lipinski definition) is 1. The van der Waals surface area contributed by atoms with Gasteiger partial charge in [-0.1, -0.05) is 41.8 Å². The molecule has 1 aliphatic rings. The second-order valence-corrected chi connectivity index (χ2v) is 9.18. The lowest BCUT2D eigenvalue weighted by Crippen LogP contribution is -2.25. The van der Waals surface area contributed by atoms with Crippen LogP contribution in [0.1, 0.15) is 39.1 Å². The number of nitrogens with zero attached hydrogens (tertiary/aromatic N) is 2. The zero-order valence-electron chi connectivity index (χ0n) is 18.8. The van der Waals surface area contributed by atoms with Crippen LogP contribution in [-0.2, 0) is 24.1 Å². The molecule has 3 aromatic rings. The number of aromatic nitrogens is 1. The van der Waals surface area contributed by atoms with Crippen LogP contribution in [0.25, 0.3) is 11.3 Å². The molecule has 0 unspecified atom stereocenters. The van der Waals surface area contributed by atoms with E-state index in [9.17, 15) is 14.3 Å². The largest absolute Gasteiger partial charge is 0.481 e. The smallest absolute Gasteiger partial charge is 0.307 e. The molecule has 4 rings (SSSR count). The summed E-state index contributed by atoms with van der Waals surface area (Å²) in [6.45, 7) is 6.78. The number of fused-ring (bicyclic) bond motifs is 2. The molecule has 2 heterocycles. The monoisotopic (exact) mass is 450 g/mol. The van der Waals surface area contributed by atoms with Gasteiger partial charge in [0.25, 0.3) is 0 Å². The third-order valence-electron chi connectivity index (χ3n) is 6.16. The number of anilines is 1. The van der Waals surface area contributed by atoms with Crippen LogP contribution < -0.4 is 4.31 Å². The molecule has 32 heavy (non-hydrogen) atoms. The average molecular weight is 451 g/mol. The van der Waals surface area contributed by atoms with Crippen molar-refractivity contribution in [1.29, 1.82) is 0 Å². The standard InChI is InChI=1S/C26H27FN2O2S/c1-15-5-8-21(16(2)11-15)25-22(14-24(30)31)17(3)26-23(28-25)13-18-6-7-20(27)12-19(18)9-10-29(26)32-4/h5-8,11-12H,9-10,13-14H2,1-4H3,(H,30,31). The van der Waals surface area contributed by atoms with Crippen molar-refractivity contribution in [3.8, 4) is 11.3 Å². The minimum absolute atomic E-state index is 0.0845. The number of hydrogen-bond acceptors (Lipinski definition) is 4. The molecule has 1 aliphatic heterocycles. The van der Waals surface area contributed by atoms with E-state index in [0.717, 1.165) is 62.4 Å². The minimum atomic E-state index is -0.872. The van der Waals surface area contributed by atoms with Gasteiger partial charge in [0.2, 0.25) is 0 Å². The Balaban J connectivity index is 1.99. The first-order chi connectivity index (χ1) is 15.3. The molecule has 0 atom stereocenters. The Kier molecular flexibility index (Phi) is 6.24. The molecule has 0 aliphatic carbocycles. The molecule has 4 nitrogen and oxygen atoms in total. The summed E-state index contributed by atoms with van der Waals surface area (Å²) in [5.41, 5.74) is 9.55. The molecule has 0 amide bonds. The highest BCUT2D eigenvalue weighted by Gasteiger charge is 2.26. The van der Waals surface area contributed by atoms with Gasteiger partial charge in [-0.3, -0.25) is 4.79 Å². The number of carboxylic acids is 1. The number of rotatable bonds is 4. The highest BCUT2D eigenvalue weighted by molar-refractivity contribution is 7.99. The maximum atomic E-state index is 13.9. The summed E-state index contributed by atoms with van der Waals surface area (Å²) in [4.78, 5) is 16.9. The van der Waals surface area contributed by atoms with Gasteiger partial charge >= 0.3 is 5.97 Å². The first-order valence-corrected chi connectivity index (χ1v) is 11.9. The number of benzene rings is 2. The molecule has 1 aromatic heterocycles. The Bertz CT molecular complexity index is 1210. The maximum absolute atomic E-state index is 13.9. The van der Waals surface area contributed by atoms with E-state index in [2.05, 4.69) is 10.4 Å². The highest BCUT2D eigenvalue weighted by Crippen LogP contribution is 2.39. The van der Waals surface area contributed by atoms with E-state index in [1.54, 1.807) is 18.0 Å². The summed E-state index contributed by atoms with van der Waals surface area (Å²) in [5.74, 6) is -1.10. The summed E-state index contributed by atoms with van der Waals surface area (Å²) >= 11 is 1.59. The summed E-state index contributed by atoms with van der Waals surface area (Å²) in [6, 6.07) is 11.1. The second-order valence-electron chi connectivity index (χ2n) is 8.37. The fourth-order valence-electron chi connectivity index (χ4n) is 4.61. The van der Waals surface area contributed by atoms with Gasteiger partial charge in [0, 0.05) is 24.8 Å². The fraction of sp³-hybridized carbons (Fsp3) is 0.308. The van der Waals surface area contributed by atoms with Crippen molar-refractivity contribution in [2.24, 2.45) is 0 Å². The van der Waals surface area contributed by atoms with Gasteiger partial charge in [0.05, 0.1) is 23.5 Å². The second kappa shape index (κ2) is 8.94. The van der Waals surface area contributed by atoms with E-state index in [-0.39, 0.29) is 12.2 Å². The van der Waals surface area contributed by atoms with E-state index in [0.29, 0.717) is 13.0 Å². The number of aliphatic carboxylic acids is 1. The van der Waals surface area contributed by atoms with Crippen molar-refractivity contribution >= 4 is 23.6 Å². The van der Waals surface area contributed by atoms with Crippen molar-refractivity contribution < 1.29 is 14.3 Å². The molecule has 1 N–H and O–H groups in total. The van der Waals surface area contributed by atoms with Crippen molar-refractivity contribution in [3.63, 3.8) is 0 Å². The van der Waals surface area contributed by atoms with Crippen molar-refractivity contribution in [2.75, 3.05) is 17.1 Å². The van der Waals surface area contributed by atoms with Crippen LogP contribution in [0.4, 0.5) is 10.1 Å². The molecule has 0 saturated heterocycles. The molecule has 2 aromatic carbocycles. The Labute approximate surface area is 192 Å². The molecule has 166 valence electrons. The van der Waals surface area contributed by atoms with E-state index >= 15 is 0 Å². The Morgan fingerprint density at radius 3 is 2.62 bits per heavy atom. The van der Waals surface area contributed by atoms with E-state index < -0.39 is 5.97 Å². The maximum Gasteiger partial charge on any atom is 0.307 e. The number of carboxylic acid groups (broad SMARTS) is 1. The number of halogens is 1.